The number of phenolic OH excluding ortho intramolecular Hbond substituents is 1. The molecule has 0 unspecified atom stereocenters. The van der Waals surface area contributed by atoms with Crippen LogP contribution in [0.5, 0.6) is 11.5 Å². The van der Waals surface area contributed by atoms with Crippen molar-refractivity contribution in [3.05, 3.63) is 47.8 Å². The lowest BCUT2D eigenvalue weighted by atomic mass is 10.1. The molecule has 2 aromatic carbocycles. The summed E-state index contributed by atoms with van der Waals surface area (Å²) in [4.78, 5) is 12.0. The Bertz CT molecular complexity index is 659. The van der Waals surface area contributed by atoms with Crippen molar-refractivity contribution in [2.75, 3.05) is 18.2 Å². The molecule has 104 valence electrons. The first-order valence-corrected chi connectivity index (χ1v) is 5.74. The summed E-state index contributed by atoms with van der Waals surface area (Å²) in [5.41, 5.74) is 5.72. The minimum absolute atomic E-state index is 0.0484. The van der Waals surface area contributed by atoms with E-state index in [0.29, 0.717) is 11.4 Å². The highest BCUT2D eigenvalue weighted by molar-refractivity contribution is 6.06. The highest BCUT2D eigenvalue weighted by Gasteiger charge is 2.13. The number of aromatic hydroxyl groups is 1. The average molecular weight is 276 g/mol. The number of rotatable bonds is 3. The molecule has 1 amide bonds. The van der Waals surface area contributed by atoms with Gasteiger partial charge in [-0.25, -0.2) is 4.39 Å². The largest absolute Gasteiger partial charge is 0.507 e. The number of nitrogens with two attached hydrogens (primary N) is 1. The van der Waals surface area contributed by atoms with E-state index in [-0.39, 0.29) is 17.0 Å². The van der Waals surface area contributed by atoms with Crippen LogP contribution in [0, 0.1) is 5.82 Å². The zero-order chi connectivity index (χ0) is 14.7. The predicted octanol–water partition coefficient (Wildman–Crippen LogP) is 2.37. The van der Waals surface area contributed by atoms with E-state index in [1.165, 1.54) is 37.4 Å². The average Bonchev–Trinajstić information content (AvgIpc) is 2.43. The Morgan fingerprint density at radius 2 is 2.05 bits per heavy atom. The number of methoxy groups -OCH3 is 1. The van der Waals surface area contributed by atoms with Crippen molar-refractivity contribution < 1.29 is 19.0 Å². The van der Waals surface area contributed by atoms with Gasteiger partial charge in [0.1, 0.15) is 17.3 Å². The summed E-state index contributed by atoms with van der Waals surface area (Å²) in [5, 5.41) is 12.2. The van der Waals surface area contributed by atoms with Gasteiger partial charge in [0.15, 0.2) is 0 Å². The molecule has 0 spiro atoms. The van der Waals surface area contributed by atoms with Crippen molar-refractivity contribution in [1.29, 1.82) is 0 Å². The number of carbonyl (C=O) groups excluding carboxylic acids is 1. The number of amides is 1. The molecule has 0 aliphatic rings. The van der Waals surface area contributed by atoms with Crippen LogP contribution in [-0.2, 0) is 0 Å². The molecule has 0 saturated heterocycles. The van der Waals surface area contributed by atoms with Crippen molar-refractivity contribution in [2.45, 2.75) is 0 Å². The van der Waals surface area contributed by atoms with Crippen molar-refractivity contribution in [1.82, 2.24) is 0 Å². The summed E-state index contributed by atoms with van der Waals surface area (Å²) in [5.74, 6) is -0.857. The molecule has 2 aromatic rings. The van der Waals surface area contributed by atoms with E-state index >= 15 is 0 Å². The van der Waals surface area contributed by atoms with Crippen molar-refractivity contribution in [2.24, 2.45) is 0 Å². The van der Waals surface area contributed by atoms with Crippen molar-refractivity contribution in [3.8, 4) is 11.5 Å². The molecule has 2 rings (SSSR count). The maximum Gasteiger partial charge on any atom is 0.259 e. The van der Waals surface area contributed by atoms with E-state index < -0.39 is 11.7 Å². The number of halogens is 1. The summed E-state index contributed by atoms with van der Waals surface area (Å²) < 4.78 is 18.0. The van der Waals surface area contributed by atoms with E-state index in [9.17, 15) is 14.3 Å². The smallest absolute Gasteiger partial charge is 0.259 e. The molecule has 4 N–H and O–H groups in total. The lowest BCUT2D eigenvalue weighted by Crippen LogP contribution is -2.12. The number of anilines is 2. The number of hydrogen-bond acceptors (Lipinski definition) is 4. The highest BCUT2D eigenvalue weighted by atomic mass is 19.1. The Morgan fingerprint density at radius 1 is 1.30 bits per heavy atom. The van der Waals surface area contributed by atoms with Crippen LogP contribution < -0.4 is 15.8 Å². The molecule has 0 aliphatic carbocycles. The third-order valence-corrected chi connectivity index (χ3v) is 2.70. The normalized spacial score (nSPS) is 10.1. The first kappa shape index (κ1) is 13.7. The van der Waals surface area contributed by atoms with E-state index in [2.05, 4.69) is 5.32 Å². The van der Waals surface area contributed by atoms with Crippen LogP contribution in [-0.4, -0.2) is 18.1 Å². The Labute approximate surface area is 114 Å². The Morgan fingerprint density at radius 3 is 2.70 bits per heavy atom. The fourth-order valence-electron chi connectivity index (χ4n) is 1.64. The predicted molar refractivity (Wildman–Crippen MR) is 73.4 cm³/mol. The zero-order valence-corrected chi connectivity index (χ0v) is 10.7. The van der Waals surface area contributed by atoms with Gasteiger partial charge in [-0.15, -0.1) is 0 Å². The maximum absolute atomic E-state index is 13.0. The van der Waals surface area contributed by atoms with Gasteiger partial charge in [0.25, 0.3) is 5.91 Å². The number of hydrogen-bond donors (Lipinski definition) is 3. The Hall–Kier alpha value is -2.76. The fourth-order valence-corrected chi connectivity index (χ4v) is 1.64. The third-order valence-electron chi connectivity index (χ3n) is 2.70. The van der Waals surface area contributed by atoms with Gasteiger partial charge in [0.05, 0.1) is 18.4 Å². The molecule has 0 bridgehead atoms. The van der Waals surface area contributed by atoms with Crippen LogP contribution in [0.4, 0.5) is 15.8 Å². The van der Waals surface area contributed by atoms with Gasteiger partial charge in [-0.1, -0.05) is 0 Å². The molecule has 0 fully saturated rings. The lowest BCUT2D eigenvalue weighted by Gasteiger charge is -2.09. The lowest BCUT2D eigenvalue weighted by molar-refractivity contribution is 0.102. The van der Waals surface area contributed by atoms with Crippen LogP contribution in [0.15, 0.2) is 36.4 Å². The minimum Gasteiger partial charge on any atom is -0.507 e. The van der Waals surface area contributed by atoms with Gasteiger partial charge in [0.2, 0.25) is 0 Å². The van der Waals surface area contributed by atoms with Gasteiger partial charge >= 0.3 is 0 Å². The number of nitrogens with one attached hydrogen (secondary N) is 1. The summed E-state index contributed by atoms with van der Waals surface area (Å²) >= 11 is 0. The maximum atomic E-state index is 13.0. The zero-order valence-electron chi connectivity index (χ0n) is 10.7. The van der Waals surface area contributed by atoms with E-state index in [0.717, 1.165) is 6.07 Å². The SMILES string of the molecule is COc1ccc(O)c(C(=O)Nc2ccc(F)c(N)c2)c1. The van der Waals surface area contributed by atoms with Gasteiger partial charge in [-0.3, -0.25) is 4.79 Å². The monoisotopic (exact) mass is 276 g/mol. The molecule has 0 heterocycles. The van der Waals surface area contributed by atoms with Crippen molar-refractivity contribution >= 4 is 17.3 Å². The molecule has 6 heteroatoms. The van der Waals surface area contributed by atoms with Crippen LogP contribution in [0.25, 0.3) is 0 Å². The number of benzene rings is 2. The second-order valence-corrected chi connectivity index (χ2v) is 4.07. The first-order valence-electron chi connectivity index (χ1n) is 5.74. The molecule has 0 saturated carbocycles. The van der Waals surface area contributed by atoms with Gasteiger partial charge < -0.3 is 20.9 Å². The van der Waals surface area contributed by atoms with Gasteiger partial charge in [-0.05, 0) is 36.4 Å². The topological polar surface area (TPSA) is 84.6 Å². The first-order chi connectivity index (χ1) is 9.51. The van der Waals surface area contributed by atoms with Crippen LogP contribution in [0.2, 0.25) is 0 Å². The summed E-state index contributed by atoms with van der Waals surface area (Å²) in [6.45, 7) is 0. The summed E-state index contributed by atoms with van der Waals surface area (Å²) in [7, 11) is 1.45. The van der Waals surface area contributed by atoms with Crippen LogP contribution >= 0.6 is 0 Å². The second-order valence-electron chi connectivity index (χ2n) is 4.07. The minimum atomic E-state index is -0.563. The molecule has 0 aromatic heterocycles. The summed E-state index contributed by atoms with van der Waals surface area (Å²) in [6, 6.07) is 8.11. The van der Waals surface area contributed by atoms with Gasteiger partial charge in [-0.2, -0.15) is 0 Å². The standard InChI is InChI=1S/C14H13FN2O3/c1-20-9-3-5-13(18)10(7-9)14(19)17-8-2-4-11(15)12(16)6-8/h2-7,18H,16H2,1H3,(H,17,19). The van der Waals surface area contributed by atoms with E-state index in [1.807, 2.05) is 0 Å². The molecule has 0 radical (unpaired) electrons. The fraction of sp³-hybridized carbons (Fsp3) is 0.0714. The molecular weight excluding hydrogens is 263 g/mol. The Kier molecular flexibility index (Phi) is 3.74. The number of nitrogen functional groups attached to an aromatic ring is 1. The Balaban J connectivity index is 2.25. The third kappa shape index (κ3) is 2.80. The number of carbonyl (C=O) groups is 1. The highest BCUT2D eigenvalue weighted by Crippen LogP contribution is 2.24. The van der Waals surface area contributed by atoms with E-state index in [1.54, 1.807) is 0 Å². The molecule has 0 aliphatic heterocycles. The van der Waals surface area contributed by atoms with E-state index in [4.69, 9.17) is 10.5 Å². The quantitative estimate of drug-likeness (QED) is 0.751. The molecular formula is C14H13FN2O3. The number of phenols is 1. The number of ether oxygens (including phenoxy) is 1. The molecule has 0 atom stereocenters. The second kappa shape index (κ2) is 5.48. The molecule has 20 heavy (non-hydrogen) atoms. The summed E-state index contributed by atoms with van der Waals surface area (Å²) in [6.07, 6.45) is 0. The van der Waals surface area contributed by atoms with Crippen molar-refractivity contribution in [3.63, 3.8) is 0 Å². The van der Waals surface area contributed by atoms with Crippen LogP contribution in [0.1, 0.15) is 10.4 Å². The molecule has 5 nitrogen and oxygen atoms in total. The van der Waals surface area contributed by atoms with Crippen LogP contribution in [0.3, 0.4) is 0 Å². The van der Waals surface area contributed by atoms with Gasteiger partial charge in [0, 0.05) is 5.69 Å².